The van der Waals surface area contributed by atoms with Crippen LogP contribution in [0.15, 0.2) is 24.3 Å². The second-order valence-corrected chi connectivity index (χ2v) is 8.20. The Morgan fingerprint density at radius 1 is 1.17 bits per heavy atom. The van der Waals surface area contributed by atoms with Crippen LogP contribution in [0.4, 0.5) is 4.79 Å². The Morgan fingerprint density at radius 2 is 1.79 bits per heavy atom. The standard InChI is InChI=1S/C20H32N2O2/c1-14-7-9-15(10-8-14)16-11-12-17(18(13-16)22(5)6)21-19(23)24-20(2,3)4/h7-10,16-18H,11-13H2,1-6H3,(H,21,23)/t16?,17?,18-/m0/s1. The monoisotopic (exact) mass is 332 g/mol. The molecule has 0 saturated heterocycles. The summed E-state index contributed by atoms with van der Waals surface area (Å²) >= 11 is 0. The molecule has 4 heteroatoms. The van der Waals surface area contributed by atoms with Crippen molar-refractivity contribution >= 4 is 6.09 Å². The first kappa shape index (κ1) is 18.8. The minimum Gasteiger partial charge on any atom is -0.444 e. The molecule has 1 aromatic carbocycles. The Labute approximate surface area is 146 Å². The number of alkyl carbamates (subject to hydrolysis) is 1. The largest absolute Gasteiger partial charge is 0.444 e. The molecule has 3 atom stereocenters. The van der Waals surface area contributed by atoms with Gasteiger partial charge in [-0.05, 0) is 72.5 Å². The van der Waals surface area contributed by atoms with Gasteiger partial charge in [0, 0.05) is 12.1 Å². The molecule has 1 fully saturated rings. The molecule has 0 bridgehead atoms. The first-order chi connectivity index (χ1) is 11.2. The van der Waals surface area contributed by atoms with Crippen molar-refractivity contribution in [3.8, 4) is 0 Å². The van der Waals surface area contributed by atoms with Gasteiger partial charge in [0.1, 0.15) is 5.60 Å². The smallest absolute Gasteiger partial charge is 0.407 e. The van der Waals surface area contributed by atoms with Gasteiger partial charge in [-0.3, -0.25) is 0 Å². The zero-order valence-corrected chi connectivity index (χ0v) is 15.9. The summed E-state index contributed by atoms with van der Waals surface area (Å²) in [5.41, 5.74) is 2.24. The Bertz CT molecular complexity index is 546. The van der Waals surface area contributed by atoms with Crippen molar-refractivity contribution in [2.45, 2.75) is 70.6 Å². The van der Waals surface area contributed by atoms with E-state index < -0.39 is 5.60 Å². The molecule has 0 heterocycles. The van der Waals surface area contributed by atoms with Gasteiger partial charge in [-0.1, -0.05) is 29.8 Å². The fourth-order valence-electron chi connectivity index (χ4n) is 3.49. The van der Waals surface area contributed by atoms with Gasteiger partial charge in [0.15, 0.2) is 0 Å². The normalized spacial score (nSPS) is 24.7. The zero-order valence-electron chi connectivity index (χ0n) is 15.9. The van der Waals surface area contributed by atoms with Crippen LogP contribution < -0.4 is 5.32 Å². The number of ether oxygens (including phenoxy) is 1. The van der Waals surface area contributed by atoms with Crippen molar-refractivity contribution in [1.82, 2.24) is 10.2 Å². The predicted molar refractivity (Wildman–Crippen MR) is 98.4 cm³/mol. The molecular weight excluding hydrogens is 300 g/mol. The van der Waals surface area contributed by atoms with Gasteiger partial charge >= 0.3 is 6.09 Å². The minimum absolute atomic E-state index is 0.136. The highest BCUT2D eigenvalue weighted by Crippen LogP contribution is 2.35. The fraction of sp³-hybridized carbons (Fsp3) is 0.650. The number of amides is 1. The maximum atomic E-state index is 12.1. The van der Waals surface area contributed by atoms with E-state index in [0.717, 1.165) is 19.3 Å². The average molecular weight is 332 g/mol. The van der Waals surface area contributed by atoms with Crippen LogP contribution in [-0.2, 0) is 4.74 Å². The molecule has 0 aliphatic heterocycles. The molecule has 1 amide bonds. The van der Waals surface area contributed by atoms with Gasteiger partial charge in [0.2, 0.25) is 0 Å². The molecule has 2 rings (SSSR count). The van der Waals surface area contributed by atoms with Crippen LogP contribution in [0.5, 0.6) is 0 Å². The second kappa shape index (κ2) is 7.56. The molecule has 1 N–H and O–H groups in total. The van der Waals surface area contributed by atoms with Crippen molar-refractivity contribution < 1.29 is 9.53 Å². The predicted octanol–water partition coefficient (Wildman–Crippen LogP) is 4.09. The van der Waals surface area contributed by atoms with Gasteiger partial charge < -0.3 is 15.0 Å². The summed E-state index contributed by atoms with van der Waals surface area (Å²) in [6.45, 7) is 7.80. The second-order valence-electron chi connectivity index (χ2n) is 8.20. The van der Waals surface area contributed by atoms with Gasteiger partial charge in [-0.25, -0.2) is 4.79 Å². The lowest BCUT2D eigenvalue weighted by Gasteiger charge is -2.40. The maximum absolute atomic E-state index is 12.1. The van der Waals surface area contributed by atoms with Gasteiger partial charge in [-0.15, -0.1) is 0 Å². The Kier molecular flexibility index (Phi) is 5.92. The lowest BCUT2D eigenvalue weighted by molar-refractivity contribution is 0.0445. The summed E-state index contributed by atoms with van der Waals surface area (Å²) < 4.78 is 5.42. The van der Waals surface area contributed by atoms with Crippen molar-refractivity contribution in [1.29, 1.82) is 0 Å². The molecule has 1 aromatic rings. The lowest BCUT2D eigenvalue weighted by atomic mass is 9.78. The van der Waals surface area contributed by atoms with Crippen LogP contribution in [0.3, 0.4) is 0 Å². The van der Waals surface area contributed by atoms with Crippen molar-refractivity contribution in [3.63, 3.8) is 0 Å². The minimum atomic E-state index is -0.462. The number of benzene rings is 1. The molecule has 24 heavy (non-hydrogen) atoms. The van der Waals surface area contributed by atoms with Crippen LogP contribution in [-0.4, -0.2) is 42.8 Å². The third kappa shape index (κ3) is 5.23. The van der Waals surface area contributed by atoms with Crippen LogP contribution >= 0.6 is 0 Å². The SMILES string of the molecule is Cc1ccc(C2CCC(NC(=O)OC(C)(C)C)[C@@H](N(C)C)C2)cc1. The van der Waals surface area contributed by atoms with Crippen molar-refractivity contribution in [2.24, 2.45) is 0 Å². The third-order valence-electron chi connectivity index (χ3n) is 4.73. The van der Waals surface area contributed by atoms with Crippen molar-refractivity contribution in [2.75, 3.05) is 14.1 Å². The molecule has 0 spiro atoms. The number of rotatable bonds is 3. The number of nitrogens with one attached hydrogen (secondary N) is 1. The van der Waals surface area contributed by atoms with E-state index in [1.807, 2.05) is 20.8 Å². The first-order valence-corrected chi connectivity index (χ1v) is 8.88. The number of hydrogen-bond donors (Lipinski definition) is 1. The fourth-order valence-corrected chi connectivity index (χ4v) is 3.49. The number of nitrogens with zero attached hydrogens (tertiary/aromatic N) is 1. The Morgan fingerprint density at radius 3 is 2.33 bits per heavy atom. The third-order valence-corrected chi connectivity index (χ3v) is 4.73. The molecule has 1 saturated carbocycles. The van der Waals surface area contributed by atoms with E-state index in [2.05, 4.69) is 55.5 Å². The number of hydrogen-bond acceptors (Lipinski definition) is 3. The molecule has 1 aliphatic rings. The van der Waals surface area contributed by atoms with E-state index in [1.54, 1.807) is 0 Å². The Balaban J connectivity index is 2.03. The number of likely N-dealkylation sites (N-methyl/N-ethyl adjacent to an activating group) is 1. The molecule has 134 valence electrons. The quantitative estimate of drug-likeness (QED) is 0.906. The zero-order chi connectivity index (χ0) is 17.9. The van der Waals surface area contributed by atoms with E-state index in [1.165, 1.54) is 11.1 Å². The number of aryl methyl sites for hydroxylation is 1. The average Bonchev–Trinajstić information content (AvgIpc) is 2.46. The van der Waals surface area contributed by atoms with Gasteiger partial charge in [0.05, 0.1) is 0 Å². The van der Waals surface area contributed by atoms with Gasteiger partial charge in [0.25, 0.3) is 0 Å². The highest BCUT2D eigenvalue weighted by molar-refractivity contribution is 5.68. The van der Waals surface area contributed by atoms with E-state index in [4.69, 9.17) is 4.74 Å². The van der Waals surface area contributed by atoms with E-state index >= 15 is 0 Å². The summed E-state index contributed by atoms with van der Waals surface area (Å²) in [5, 5.41) is 3.09. The van der Waals surface area contributed by atoms with Gasteiger partial charge in [-0.2, -0.15) is 0 Å². The number of carbonyl (C=O) groups is 1. The van der Waals surface area contributed by atoms with E-state index in [-0.39, 0.29) is 12.1 Å². The van der Waals surface area contributed by atoms with Crippen LogP contribution in [0.1, 0.15) is 57.1 Å². The molecule has 0 aromatic heterocycles. The molecule has 0 radical (unpaired) electrons. The topological polar surface area (TPSA) is 41.6 Å². The molecule has 4 nitrogen and oxygen atoms in total. The van der Waals surface area contributed by atoms with Crippen LogP contribution in [0.2, 0.25) is 0 Å². The maximum Gasteiger partial charge on any atom is 0.407 e. The summed E-state index contributed by atoms with van der Waals surface area (Å²) in [4.78, 5) is 14.4. The molecule has 1 aliphatic carbocycles. The number of carbonyl (C=O) groups excluding carboxylic acids is 1. The van der Waals surface area contributed by atoms with Crippen molar-refractivity contribution in [3.05, 3.63) is 35.4 Å². The molecular formula is C20H32N2O2. The van der Waals surface area contributed by atoms with Crippen LogP contribution in [0.25, 0.3) is 0 Å². The summed E-state index contributed by atoms with van der Waals surface area (Å²) in [6, 6.07) is 9.31. The highest BCUT2D eigenvalue weighted by Gasteiger charge is 2.34. The summed E-state index contributed by atoms with van der Waals surface area (Å²) in [6.07, 6.45) is 2.80. The summed E-state index contributed by atoms with van der Waals surface area (Å²) in [7, 11) is 4.18. The molecule has 2 unspecified atom stereocenters. The lowest BCUT2D eigenvalue weighted by Crippen LogP contribution is -2.53. The van der Waals surface area contributed by atoms with E-state index in [9.17, 15) is 4.79 Å². The highest BCUT2D eigenvalue weighted by atomic mass is 16.6. The Hall–Kier alpha value is -1.55. The van der Waals surface area contributed by atoms with E-state index in [0.29, 0.717) is 12.0 Å². The first-order valence-electron chi connectivity index (χ1n) is 8.88. The van der Waals surface area contributed by atoms with Crippen LogP contribution in [0, 0.1) is 6.92 Å². The summed E-state index contributed by atoms with van der Waals surface area (Å²) in [5.74, 6) is 0.551.